The van der Waals surface area contributed by atoms with Crippen LogP contribution in [0.15, 0.2) is 18.2 Å². The van der Waals surface area contributed by atoms with Crippen LogP contribution in [0.1, 0.15) is 36.1 Å². The van der Waals surface area contributed by atoms with E-state index in [2.05, 4.69) is 11.4 Å². The first-order chi connectivity index (χ1) is 9.22. The third-order valence-corrected chi connectivity index (χ3v) is 5.10. The van der Waals surface area contributed by atoms with Crippen LogP contribution in [0.25, 0.3) is 0 Å². The number of hydrogen-bond acceptors (Lipinski definition) is 1. The largest absolute Gasteiger partial charge is 0.348 e. The number of carbonyl (C=O) groups is 1. The van der Waals surface area contributed by atoms with Gasteiger partial charge in [-0.25, -0.2) is 0 Å². The van der Waals surface area contributed by atoms with E-state index in [0.717, 1.165) is 11.1 Å². The van der Waals surface area contributed by atoms with Crippen molar-refractivity contribution in [1.82, 2.24) is 5.32 Å². The normalized spacial score (nSPS) is 23.0. The molecule has 0 radical (unpaired) electrons. The molecule has 0 spiro atoms. The van der Waals surface area contributed by atoms with E-state index in [1.54, 1.807) is 0 Å². The fourth-order valence-corrected chi connectivity index (χ4v) is 3.50. The van der Waals surface area contributed by atoms with Crippen molar-refractivity contribution in [1.29, 1.82) is 0 Å². The lowest BCUT2D eigenvalue weighted by atomic mass is 10.00. The Morgan fingerprint density at radius 1 is 1.40 bits per heavy atom. The van der Waals surface area contributed by atoms with Gasteiger partial charge >= 0.3 is 0 Å². The Morgan fingerprint density at radius 3 is 2.50 bits per heavy atom. The molecule has 1 aromatic carbocycles. The van der Waals surface area contributed by atoms with Crippen molar-refractivity contribution in [3.63, 3.8) is 0 Å². The van der Waals surface area contributed by atoms with Gasteiger partial charge in [0.1, 0.15) is 9.71 Å². The number of aryl methyl sites for hydroxylation is 2. The molecule has 1 fully saturated rings. The van der Waals surface area contributed by atoms with Crippen molar-refractivity contribution in [2.75, 3.05) is 0 Å². The lowest BCUT2D eigenvalue weighted by molar-refractivity contribution is -0.121. The zero-order valence-electron chi connectivity index (χ0n) is 11.7. The van der Waals surface area contributed by atoms with Crippen LogP contribution in [-0.4, -0.2) is 15.6 Å². The van der Waals surface area contributed by atoms with Gasteiger partial charge < -0.3 is 5.32 Å². The van der Waals surface area contributed by atoms with E-state index in [0.29, 0.717) is 6.42 Å². The molecule has 1 aromatic rings. The minimum absolute atomic E-state index is 0.0943. The molecular weight excluding hydrogens is 317 g/mol. The van der Waals surface area contributed by atoms with E-state index in [9.17, 15) is 4.79 Å². The molecule has 1 aliphatic rings. The molecule has 0 bridgehead atoms. The van der Waals surface area contributed by atoms with Crippen molar-refractivity contribution < 1.29 is 4.79 Å². The summed E-state index contributed by atoms with van der Waals surface area (Å²) in [6, 6.07) is 6.07. The van der Waals surface area contributed by atoms with Crippen LogP contribution in [-0.2, 0) is 4.79 Å². The molecule has 0 aromatic heterocycles. The molecule has 0 saturated heterocycles. The van der Waals surface area contributed by atoms with E-state index >= 15 is 0 Å². The predicted molar refractivity (Wildman–Crippen MR) is 84.7 cm³/mol. The number of halogens is 3. The number of rotatable bonds is 4. The Morgan fingerprint density at radius 2 is 2.00 bits per heavy atom. The smallest absolute Gasteiger partial charge is 0.238 e. The van der Waals surface area contributed by atoms with E-state index < -0.39 is 9.71 Å². The number of nitrogens with one attached hydrogen (secondary N) is 1. The molecule has 3 atom stereocenters. The second-order valence-electron chi connectivity index (χ2n) is 5.56. The van der Waals surface area contributed by atoms with Crippen LogP contribution in [0.3, 0.4) is 0 Å². The van der Waals surface area contributed by atoms with E-state index in [-0.39, 0.29) is 17.9 Å². The lowest BCUT2D eigenvalue weighted by Crippen LogP contribution is -2.35. The maximum atomic E-state index is 12.1. The van der Waals surface area contributed by atoms with Crippen LogP contribution in [0.2, 0.25) is 0 Å². The summed E-state index contributed by atoms with van der Waals surface area (Å²) in [7, 11) is 0. The molecule has 2 rings (SSSR count). The summed E-state index contributed by atoms with van der Waals surface area (Å²) < 4.78 is -0.841. The summed E-state index contributed by atoms with van der Waals surface area (Å²) in [6.45, 7) is 6.02. The quantitative estimate of drug-likeness (QED) is 0.818. The van der Waals surface area contributed by atoms with Gasteiger partial charge in [0, 0.05) is 5.92 Å². The maximum Gasteiger partial charge on any atom is 0.238 e. The Balaban J connectivity index is 2.00. The molecule has 0 heterocycles. The van der Waals surface area contributed by atoms with Crippen LogP contribution < -0.4 is 5.32 Å². The van der Waals surface area contributed by atoms with Gasteiger partial charge in [-0.2, -0.15) is 0 Å². The van der Waals surface area contributed by atoms with Crippen molar-refractivity contribution in [2.45, 2.75) is 42.9 Å². The average Bonchev–Trinajstić information content (AvgIpc) is 2.97. The molecule has 1 N–H and O–H groups in total. The highest BCUT2D eigenvalue weighted by atomic mass is 35.5. The third-order valence-electron chi connectivity index (χ3n) is 3.73. The summed E-state index contributed by atoms with van der Waals surface area (Å²) in [4.78, 5) is 12.1. The molecule has 20 heavy (non-hydrogen) atoms. The van der Waals surface area contributed by atoms with Crippen LogP contribution in [0, 0.1) is 19.8 Å². The number of benzene rings is 1. The Kier molecular flexibility index (Phi) is 4.58. The molecule has 2 nitrogen and oxygen atoms in total. The van der Waals surface area contributed by atoms with Crippen LogP contribution >= 0.6 is 34.8 Å². The SMILES string of the molecule is Cc1ccc(C(C)NC(=O)C(Cl)C2CC2(Cl)Cl)c(C)c1. The summed E-state index contributed by atoms with van der Waals surface area (Å²) >= 11 is 18.0. The first-order valence-electron chi connectivity index (χ1n) is 6.62. The first kappa shape index (κ1) is 15.9. The maximum absolute atomic E-state index is 12.1. The molecule has 0 aliphatic heterocycles. The van der Waals surface area contributed by atoms with E-state index in [1.165, 1.54) is 5.56 Å². The molecule has 5 heteroatoms. The zero-order chi connectivity index (χ0) is 15.1. The number of carbonyl (C=O) groups excluding carboxylic acids is 1. The Bertz CT molecular complexity index is 530. The first-order valence-corrected chi connectivity index (χ1v) is 7.81. The lowest BCUT2D eigenvalue weighted by Gasteiger charge is -2.19. The second kappa shape index (κ2) is 5.75. The van der Waals surface area contributed by atoms with Gasteiger partial charge in [-0.3, -0.25) is 4.79 Å². The van der Waals surface area contributed by atoms with Gasteiger partial charge in [0.15, 0.2) is 0 Å². The summed E-state index contributed by atoms with van der Waals surface area (Å²) in [5.41, 5.74) is 3.44. The molecule has 1 amide bonds. The fourth-order valence-electron chi connectivity index (χ4n) is 2.42. The van der Waals surface area contributed by atoms with Gasteiger partial charge in [0.2, 0.25) is 5.91 Å². The molecule has 3 unspecified atom stereocenters. The van der Waals surface area contributed by atoms with E-state index in [4.69, 9.17) is 34.8 Å². The second-order valence-corrected chi connectivity index (χ2v) is 7.58. The van der Waals surface area contributed by atoms with E-state index in [1.807, 2.05) is 32.9 Å². The number of alkyl halides is 3. The van der Waals surface area contributed by atoms with Crippen molar-refractivity contribution in [2.24, 2.45) is 5.92 Å². The molecule has 110 valence electrons. The topological polar surface area (TPSA) is 29.1 Å². The summed E-state index contributed by atoms with van der Waals surface area (Å²) in [6.07, 6.45) is 0.565. The van der Waals surface area contributed by atoms with Gasteiger partial charge in [-0.1, -0.05) is 23.8 Å². The number of hydrogen-bond donors (Lipinski definition) is 1. The highest BCUT2D eigenvalue weighted by molar-refractivity contribution is 6.52. The summed E-state index contributed by atoms with van der Waals surface area (Å²) in [5, 5.41) is 2.24. The minimum Gasteiger partial charge on any atom is -0.348 e. The van der Waals surface area contributed by atoms with Gasteiger partial charge in [-0.15, -0.1) is 34.8 Å². The average molecular weight is 335 g/mol. The summed E-state index contributed by atoms with van der Waals surface area (Å²) in [5.74, 6) is -0.383. The zero-order valence-corrected chi connectivity index (χ0v) is 14.0. The Hall–Kier alpha value is -0.440. The van der Waals surface area contributed by atoms with Crippen LogP contribution in [0.5, 0.6) is 0 Å². The molecule has 1 saturated carbocycles. The standard InChI is InChI=1S/C15H18Cl3NO/c1-8-4-5-11(9(2)6-8)10(3)19-14(20)13(16)12-7-15(12,17)18/h4-6,10,12-13H,7H2,1-3H3,(H,19,20). The van der Waals surface area contributed by atoms with Gasteiger partial charge in [0.05, 0.1) is 6.04 Å². The third kappa shape index (κ3) is 3.41. The highest BCUT2D eigenvalue weighted by Crippen LogP contribution is 2.56. The van der Waals surface area contributed by atoms with Crippen molar-refractivity contribution >= 4 is 40.7 Å². The van der Waals surface area contributed by atoms with Gasteiger partial charge in [0.25, 0.3) is 0 Å². The predicted octanol–water partition coefficient (Wildman–Crippen LogP) is 4.28. The number of amides is 1. The van der Waals surface area contributed by atoms with Crippen molar-refractivity contribution in [3.05, 3.63) is 34.9 Å². The molecular formula is C15H18Cl3NO. The van der Waals surface area contributed by atoms with Crippen molar-refractivity contribution in [3.8, 4) is 0 Å². The Labute approximate surface area is 134 Å². The van der Waals surface area contributed by atoms with Crippen LogP contribution in [0.4, 0.5) is 0 Å². The minimum atomic E-state index is -0.841. The highest BCUT2D eigenvalue weighted by Gasteiger charge is 2.57. The fraction of sp³-hybridized carbons (Fsp3) is 0.533. The van der Waals surface area contributed by atoms with Gasteiger partial charge in [-0.05, 0) is 38.3 Å². The molecule has 1 aliphatic carbocycles. The monoisotopic (exact) mass is 333 g/mol.